The minimum atomic E-state index is -2.89. The predicted molar refractivity (Wildman–Crippen MR) is 70.5 cm³/mol. The maximum atomic E-state index is 11.8. The first-order chi connectivity index (χ1) is 7.02. The van der Waals surface area contributed by atoms with Crippen LogP contribution in [0.4, 0.5) is 0 Å². The van der Waals surface area contributed by atoms with Crippen molar-refractivity contribution in [1.29, 1.82) is 0 Å². The molecular formula is C9H10Br2O2S2. The zero-order valence-corrected chi connectivity index (χ0v) is 12.6. The van der Waals surface area contributed by atoms with Gasteiger partial charge in [-0.2, -0.15) is 0 Å². The molecule has 0 aliphatic carbocycles. The highest BCUT2D eigenvalue weighted by Gasteiger charge is 2.38. The van der Waals surface area contributed by atoms with Gasteiger partial charge in [0, 0.05) is 9.35 Å². The summed E-state index contributed by atoms with van der Waals surface area (Å²) in [6, 6.07) is 1.95. The molecule has 0 bridgehead atoms. The largest absolute Gasteiger partial charge is 0.228 e. The summed E-state index contributed by atoms with van der Waals surface area (Å²) in [7, 11) is -2.89. The second kappa shape index (κ2) is 4.47. The van der Waals surface area contributed by atoms with Gasteiger partial charge in [-0.05, 0) is 40.2 Å². The molecule has 0 N–H and O–H groups in total. The molecule has 0 aromatic carbocycles. The smallest absolute Gasteiger partial charge is 0.154 e. The fourth-order valence-electron chi connectivity index (χ4n) is 1.82. The fraction of sp³-hybridized carbons (Fsp3) is 0.556. The Kier molecular flexibility index (Phi) is 3.60. The van der Waals surface area contributed by atoms with Gasteiger partial charge in [0.05, 0.1) is 15.8 Å². The predicted octanol–water partition coefficient (Wildman–Crippen LogP) is 3.52. The zero-order valence-electron chi connectivity index (χ0n) is 7.82. The first-order valence-corrected chi connectivity index (χ1v) is 8.91. The summed E-state index contributed by atoms with van der Waals surface area (Å²) in [5.41, 5.74) is 0. The lowest BCUT2D eigenvalue weighted by Gasteiger charge is -2.15. The summed E-state index contributed by atoms with van der Waals surface area (Å²) in [5.74, 6) is 0.336. The number of alkyl halides is 1. The maximum absolute atomic E-state index is 11.8. The highest BCUT2D eigenvalue weighted by Crippen LogP contribution is 2.42. The van der Waals surface area contributed by atoms with Gasteiger partial charge in [0.1, 0.15) is 0 Å². The van der Waals surface area contributed by atoms with Crippen molar-refractivity contribution < 1.29 is 8.42 Å². The molecule has 1 aliphatic heterocycles. The molecular weight excluding hydrogens is 364 g/mol. The molecule has 84 valence electrons. The van der Waals surface area contributed by atoms with Gasteiger partial charge < -0.3 is 0 Å². The third kappa shape index (κ3) is 2.33. The van der Waals surface area contributed by atoms with Gasteiger partial charge >= 0.3 is 0 Å². The Bertz CT molecular complexity index is 452. The third-order valence-electron chi connectivity index (χ3n) is 2.60. The lowest BCUT2D eigenvalue weighted by molar-refractivity contribution is 0.588. The van der Waals surface area contributed by atoms with Crippen molar-refractivity contribution >= 4 is 53.0 Å². The average molecular weight is 374 g/mol. The van der Waals surface area contributed by atoms with E-state index < -0.39 is 9.84 Å². The molecule has 2 nitrogen and oxygen atoms in total. The van der Waals surface area contributed by atoms with Gasteiger partial charge in [0.2, 0.25) is 0 Å². The number of halogens is 2. The van der Waals surface area contributed by atoms with Gasteiger partial charge in [-0.1, -0.05) is 15.9 Å². The van der Waals surface area contributed by atoms with Crippen LogP contribution >= 0.6 is 43.2 Å². The summed E-state index contributed by atoms with van der Waals surface area (Å²) in [5, 5.41) is 1.71. The lowest BCUT2D eigenvalue weighted by Crippen LogP contribution is -2.20. The molecule has 1 aromatic rings. The molecule has 15 heavy (non-hydrogen) atoms. The van der Waals surface area contributed by atoms with E-state index in [0.717, 1.165) is 22.2 Å². The van der Waals surface area contributed by atoms with E-state index in [1.807, 2.05) is 11.4 Å². The lowest BCUT2D eigenvalue weighted by atomic mass is 10.2. The SMILES string of the molecule is O=S1(=O)CCCC1C(Br)c1sccc1Br. The Labute approximate surface area is 110 Å². The maximum Gasteiger partial charge on any atom is 0.154 e. The van der Waals surface area contributed by atoms with Crippen LogP contribution in [0, 0.1) is 0 Å². The van der Waals surface area contributed by atoms with Crippen molar-refractivity contribution in [3.63, 3.8) is 0 Å². The second-order valence-corrected chi connectivity index (χ2v) is 8.71. The molecule has 1 aromatic heterocycles. The third-order valence-corrected chi connectivity index (χ3v) is 8.59. The normalized spacial score (nSPS) is 26.7. The minimum absolute atomic E-state index is 0.0700. The van der Waals surface area contributed by atoms with Crippen LogP contribution in [0.5, 0.6) is 0 Å². The van der Waals surface area contributed by atoms with Crippen LogP contribution < -0.4 is 0 Å². The van der Waals surface area contributed by atoms with Gasteiger partial charge in [0.15, 0.2) is 9.84 Å². The summed E-state index contributed by atoms with van der Waals surface area (Å²) >= 11 is 8.54. The Balaban J connectivity index is 2.29. The molecule has 2 atom stereocenters. The minimum Gasteiger partial charge on any atom is -0.228 e. The number of rotatable bonds is 2. The van der Waals surface area contributed by atoms with Crippen LogP contribution in [0.25, 0.3) is 0 Å². The Morgan fingerprint density at radius 3 is 2.73 bits per heavy atom. The molecule has 0 spiro atoms. The summed E-state index contributed by atoms with van der Waals surface area (Å²) in [6.07, 6.45) is 1.56. The Morgan fingerprint density at radius 1 is 1.53 bits per heavy atom. The van der Waals surface area contributed by atoms with Gasteiger partial charge in [0.25, 0.3) is 0 Å². The van der Waals surface area contributed by atoms with Crippen LogP contribution in [0.2, 0.25) is 0 Å². The highest BCUT2D eigenvalue weighted by atomic mass is 79.9. The first kappa shape index (κ1) is 12.1. The molecule has 6 heteroatoms. The summed E-state index contributed by atoms with van der Waals surface area (Å²) in [4.78, 5) is 1.00. The van der Waals surface area contributed by atoms with Crippen LogP contribution in [-0.4, -0.2) is 19.4 Å². The Morgan fingerprint density at radius 2 is 2.27 bits per heavy atom. The van der Waals surface area contributed by atoms with Crippen molar-refractivity contribution in [3.05, 3.63) is 20.8 Å². The monoisotopic (exact) mass is 372 g/mol. The molecule has 0 saturated carbocycles. The quantitative estimate of drug-likeness (QED) is 0.743. The molecule has 2 rings (SSSR count). The van der Waals surface area contributed by atoms with E-state index in [4.69, 9.17) is 0 Å². The van der Waals surface area contributed by atoms with Crippen molar-refractivity contribution in [1.82, 2.24) is 0 Å². The summed E-state index contributed by atoms with van der Waals surface area (Å²) < 4.78 is 24.5. The average Bonchev–Trinajstić information content (AvgIpc) is 2.70. The van der Waals surface area contributed by atoms with Gasteiger partial charge in [-0.15, -0.1) is 11.3 Å². The van der Waals surface area contributed by atoms with E-state index in [2.05, 4.69) is 31.9 Å². The van der Waals surface area contributed by atoms with E-state index in [1.165, 1.54) is 0 Å². The zero-order chi connectivity index (χ0) is 11.1. The number of thiophene rings is 1. The van der Waals surface area contributed by atoms with Crippen LogP contribution in [-0.2, 0) is 9.84 Å². The van der Waals surface area contributed by atoms with E-state index in [9.17, 15) is 8.42 Å². The number of sulfone groups is 1. The topological polar surface area (TPSA) is 34.1 Å². The van der Waals surface area contributed by atoms with Crippen LogP contribution in [0.1, 0.15) is 22.5 Å². The first-order valence-electron chi connectivity index (χ1n) is 4.61. The molecule has 2 heterocycles. The van der Waals surface area contributed by atoms with Gasteiger partial charge in [-0.3, -0.25) is 0 Å². The van der Waals surface area contributed by atoms with Crippen molar-refractivity contribution in [2.75, 3.05) is 5.75 Å². The molecule has 1 aliphatic rings. The van der Waals surface area contributed by atoms with E-state index in [1.54, 1.807) is 11.3 Å². The highest BCUT2D eigenvalue weighted by molar-refractivity contribution is 9.11. The molecule has 0 amide bonds. The van der Waals surface area contributed by atoms with Crippen molar-refractivity contribution in [2.45, 2.75) is 22.9 Å². The second-order valence-electron chi connectivity index (χ2n) is 3.58. The van der Waals surface area contributed by atoms with Crippen molar-refractivity contribution in [3.8, 4) is 0 Å². The van der Waals surface area contributed by atoms with E-state index >= 15 is 0 Å². The molecule has 1 saturated heterocycles. The number of hydrogen-bond acceptors (Lipinski definition) is 3. The van der Waals surface area contributed by atoms with E-state index in [-0.39, 0.29) is 10.1 Å². The van der Waals surface area contributed by atoms with Crippen LogP contribution in [0.3, 0.4) is 0 Å². The molecule has 1 fully saturated rings. The fourth-order valence-corrected chi connectivity index (χ4v) is 7.59. The number of hydrogen-bond donors (Lipinski definition) is 0. The van der Waals surface area contributed by atoms with Crippen molar-refractivity contribution in [2.24, 2.45) is 0 Å². The van der Waals surface area contributed by atoms with E-state index in [0.29, 0.717) is 5.75 Å². The van der Waals surface area contributed by atoms with Crippen LogP contribution in [0.15, 0.2) is 15.9 Å². The van der Waals surface area contributed by atoms with Gasteiger partial charge in [-0.25, -0.2) is 8.42 Å². The summed E-state index contributed by atoms with van der Waals surface area (Å²) in [6.45, 7) is 0. The standard InChI is InChI=1S/C9H10Br2O2S2/c10-6-3-4-14-9(6)8(11)7-2-1-5-15(7,12)13/h3-4,7-8H,1-2,5H2. The molecule has 2 unspecified atom stereocenters. The Hall–Kier alpha value is 0.610. The molecule has 0 radical (unpaired) electrons.